The van der Waals surface area contributed by atoms with Crippen LogP contribution in [0, 0.1) is 0 Å². The van der Waals surface area contributed by atoms with Crippen molar-refractivity contribution in [2.24, 2.45) is 0 Å². The molecule has 1 unspecified atom stereocenters. The number of hydrogen-bond acceptors (Lipinski definition) is 7. The zero-order valence-corrected chi connectivity index (χ0v) is 10.5. The van der Waals surface area contributed by atoms with Gasteiger partial charge in [-0.1, -0.05) is 0 Å². The lowest BCUT2D eigenvalue weighted by atomic mass is 10.1. The van der Waals surface area contributed by atoms with Crippen molar-refractivity contribution < 1.29 is 34.3 Å². The molecule has 3 N–H and O–H groups in total. The topological polar surface area (TPSA) is 97.6 Å². The summed E-state index contributed by atoms with van der Waals surface area (Å²) in [6.07, 6.45) is -4.32. The molecule has 0 bridgehead atoms. The highest BCUT2D eigenvalue weighted by molar-refractivity contribution is 4.86. The van der Waals surface area contributed by atoms with E-state index in [1.54, 1.807) is 13.8 Å². The van der Waals surface area contributed by atoms with Gasteiger partial charge in [0.2, 0.25) is 0 Å². The number of aliphatic hydroxyl groups excluding tert-OH is 3. The van der Waals surface area contributed by atoms with Gasteiger partial charge in [0, 0.05) is 0 Å². The third-order valence-corrected chi connectivity index (χ3v) is 3.01. The summed E-state index contributed by atoms with van der Waals surface area (Å²) in [5.74, 6) is -0.629. The van der Waals surface area contributed by atoms with Gasteiger partial charge in [0.05, 0.1) is 19.8 Å². The van der Waals surface area contributed by atoms with Gasteiger partial charge in [-0.05, 0) is 13.8 Å². The molecule has 5 atom stereocenters. The average molecular weight is 264 g/mol. The Balaban J connectivity index is 1.78. The third kappa shape index (κ3) is 3.00. The van der Waals surface area contributed by atoms with Crippen LogP contribution in [0.1, 0.15) is 13.8 Å². The smallest absolute Gasteiger partial charge is 0.186 e. The van der Waals surface area contributed by atoms with Crippen molar-refractivity contribution in [3.8, 4) is 0 Å². The molecule has 2 saturated heterocycles. The summed E-state index contributed by atoms with van der Waals surface area (Å²) < 4.78 is 21.4. The minimum absolute atomic E-state index is 0.191. The molecule has 0 amide bonds. The van der Waals surface area contributed by atoms with E-state index in [4.69, 9.17) is 24.1 Å². The number of aliphatic hydroxyl groups is 3. The second-order valence-electron chi connectivity index (χ2n) is 4.99. The zero-order chi connectivity index (χ0) is 13.3. The molecule has 18 heavy (non-hydrogen) atoms. The molecule has 0 aromatic rings. The highest BCUT2D eigenvalue weighted by Crippen LogP contribution is 2.25. The van der Waals surface area contributed by atoms with E-state index in [9.17, 15) is 10.2 Å². The van der Waals surface area contributed by atoms with E-state index >= 15 is 0 Å². The van der Waals surface area contributed by atoms with Crippen molar-refractivity contribution in [2.45, 2.75) is 50.3 Å². The molecule has 2 rings (SSSR count). The fraction of sp³-hybridized carbons (Fsp3) is 1.00. The van der Waals surface area contributed by atoms with Crippen LogP contribution in [-0.4, -0.2) is 71.6 Å². The van der Waals surface area contributed by atoms with Gasteiger partial charge in [-0.2, -0.15) is 0 Å². The highest BCUT2D eigenvalue weighted by atomic mass is 16.8. The second-order valence-corrected chi connectivity index (χ2v) is 4.99. The summed E-state index contributed by atoms with van der Waals surface area (Å²) in [7, 11) is 0. The first-order chi connectivity index (χ1) is 8.43. The molecule has 2 aliphatic rings. The van der Waals surface area contributed by atoms with Crippen molar-refractivity contribution >= 4 is 0 Å². The van der Waals surface area contributed by atoms with Crippen molar-refractivity contribution in [1.82, 2.24) is 0 Å². The van der Waals surface area contributed by atoms with Crippen molar-refractivity contribution in [1.29, 1.82) is 0 Å². The van der Waals surface area contributed by atoms with Crippen molar-refractivity contribution in [3.05, 3.63) is 0 Å². The van der Waals surface area contributed by atoms with Gasteiger partial charge < -0.3 is 34.3 Å². The first-order valence-corrected chi connectivity index (χ1v) is 5.99. The van der Waals surface area contributed by atoms with E-state index < -0.39 is 30.4 Å². The highest BCUT2D eigenvalue weighted by Gasteiger charge is 2.44. The van der Waals surface area contributed by atoms with Gasteiger partial charge in [0.25, 0.3) is 0 Å². The van der Waals surface area contributed by atoms with E-state index in [0.717, 1.165) is 0 Å². The lowest BCUT2D eigenvalue weighted by molar-refractivity contribution is -0.193. The fourth-order valence-electron chi connectivity index (χ4n) is 2.05. The summed E-state index contributed by atoms with van der Waals surface area (Å²) in [6, 6.07) is 0. The molecule has 7 nitrogen and oxygen atoms in total. The van der Waals surface area contributed by atoms with Gasteiger partial charge >= 0.3 is 0 Å². The van der Waals surface area contributed by atoms with Crippen LogP contribution in [0.3, 0.4) is 0 Å². The molecule has 106 valence electrons. The van der Waals surface area contributed by atoms with Gasteiger partial charge in [-0.15, -0.1) is 0 Å². The Morgan fingerprint density at radius 1 is 1.28 bits per heavy atom. The second kappa shape index (κ2) is 5.38. The molecule has 0 aliphatic carbocycles. The molecule has 0 saturated carbocycles. The molecular weight excluding hydrogens is 244 g/mol. The maximum absolute atomic E-state index is 9.65. The molecule has 0 spiro atoms. The Bertz CT molecular complexity index is 283. The third-order valence-electron chi connectivity index (χ3n) is 3.01. The number of ether oxygens (including phenoxy) is 4. The Kier molecular flexibility index (Phi) is 4.22. The zero-order valence-electron chi connectivity index (χ0n) is 10.5. The van der Waals surface area contributed by atoms with E-state index in [2.05, 4.69) is 0 Å². The summed E-state index contributed by atoms with van der Waals surface area (Å²) in [5.41, 5.74) is 0. The van der Waals surface area contributed by atoms with E-state index in [0.29, 0.717) is 6.61 Å². The quantitative estimate of drug-likeness (QED) is 0.574. The Hall–Kier alpha value is -0.280. The molecule has 2 aliphatic heterocycles. The molecule has 0 radical (unpaired) electrons. The number of rotatable bonds is 4. The van der Waals surface area contributed by atoms with Crippen LogP contribution in [0.4, 0.5) is 0 Å². The van der Waals surface area contributed by atoms with Crippen molar-refractivity contribution in [2.75, 3.05) is 19.8 Å². The fourth-order valence-corrected chi connectivity index (χ4v) is 2.05. The van der Waals surface area contributed by atoms with Crippen LogP contribution in [-0.2, 0) is 18.9 Å². The van der Waals surface area contributed by atoms with Crippen LogP contribution < -0.4 is 0 Å². The average Bonchev–Trinajstić information content (AvgIpc) is 2.79. The van der Waals surface area contributed by atoms with Gasteiger partial charge in [0.15, 0.2) is 12.1 Å². The lowest BCUT2D eigenvalue weighted by Crippen LogP contribution is -2.36. The largest absolute Gasteiger partial charge is 0.394 e. The van der Waals surface area contributed by atoms with Crippen LogP contribution in [0.15, 0.2) is 0 Å². The SMILES string of the molecule is CC1(C)OCC(CO[C@@H]2O[C@@H](CO)[C@H](O)[C@H]2O)O1. The standard InChI is InChI=1S/C11H20O7/c1-11(2)16-5-6(18-11)4-15-10-9(14)8(13)7(3-12)17-10/h6-10,12-14H,3-5H2,1-2H3/t6?,7-,8-,9+,10+/m0/s1. The maximum Gasteiger partial charge on any atom is 0.186 e. The van der Waals surface area contributed by atoms with Crippen LogP contribution in [0.5, 0.6) is 0 Å². The normalized spacial score (nSPS) is 43.5. The monoisotopic (exact) mass is 264 g/mol. The molecular formula is C11H20O7. The molecule has 0 aromatic heterocycles. The molecule has 7 heteroatoms. The van der Waals surface area contributed by atoms with E-state index in [1.807, 2.05) is 0 Å². The summed E-state index contributed by atoms with van der Waals surface area (Å²) >= 11 is 0. The van der Waals surface area contributed by atoms with Gasteiger partial charge in [-0.25, -0.2) is 0 Å². The summed E-state index contributed by atoms with van der Waals surface area (Å²) in [4.78, 5) is 0. The molecule has 0 aromatic carbocycles. The summed E-state index contributed by atoms with van der Waals surface area (Å²) in [6.45, 7) is 3.84. The predicted octanol–water partition coefficient (Wildman–Crippen LogP) is -1.41. The van der Waals surface area contributed by atoms with Crippen LogP contribution >= 0.6 is 0 Å². The maximum atomic E-state index is 9.65. The first kappa shape index (κ1) is 14.1. The van der Waals surface area contributed by atoms with Crippen LogP contribution in [0.2, 0.25) is 0 Å². The van der Waals surface area contributed by atoms with E-state index in [1.165, 1.54) is 0 Å². The van der Waals surface area contributed by atoms with Gasteiger partial charge in [0.1, 0.15) is 24.4 Å². The Labute approximate surface area is 105 Å². The first-order valence-electron chi connectivity index (χ1n) is 5.99. The van der Waals surface area contributed by atoms with E-state index in [-0.39, 0.29) is 19.3 Å². The number of hydrogen-bond donors (Lipinski definition) is 3. The van der Waals surface area contributed by atoms with Gasteiger partial charge in [-0.3, -0.25) is 0 Å². The molecule has 2 heterocycles. The minimum Gasteiger partial charge on any atom is -0.394 e. The predicted molar refractivity (Wildman–Crippen MR) is 58.6 cm³/mol. The van der Waals surface area contributed by atoms with Crippen LogP contribution in [0.25, 0.3) is 0 Å². The Morgan fingerprint density at radius 2 is 2.00 bits per heavy atom. The molecule has 2 fully saturated rings. The lowest BCUT2D eigenvalue weighted by Gasteiger charge is -2.19. The minimum atomic E-state index is -1.17. The van der Waals surface area contributed by atoms with Crippen molar-refractivity contribution in [3.63, 3.8) is 0 Å². The summed E-state index contributed by atoms with van der Waals surface area (Å²) in [5, 5.41) is 28.1. The Morgan fingerprint density at radius 3 is 2.50 bits per heavy atom.